The van der Waals surface area contributed by atoms with E-state index in [4.69, 9.17) is 4.74 Å². The lowest BCUT2D eigenvalue weighted by Gasteiger charge is -2.10. The molecule has 0 N–H and O–H groups in total. The van der Waals surface area contributed by atoms with Gasteiger partial charge in [0, 0.05) is 12.0 Å². The summed E-state index contributed by atoms with van der Waals surface area (Å²) in [5.74, 6) is 1.48. The summed E-state index contributed by atoms with van der Waals surface area (Å²) in [6.07, 6.45) is 3.85. The van der Waals surface area contributed by atoms with Gasteiger partial charge in [-0.15, -0.1) is 0 Å². The van der Waals surface area contributed by atoms with E-state index in [-0.39, 0.29) is 5.78 Å². The fourth-order valence-corrected chi connectivity index (χ4v) is 2.01. The van der Waals surface area contributed by atoms with Crippen molar-refractivity contribution >= 4 is 5.78 Å². The van der Waals surface area contributed by atoms with Crippen LogP contribution in [0.15, 0.2) is 24.3 Å². The third-order valence-electron chi connectivity index (χ3n) is 2.94. The molecule has 1 aromatic carbocycles. The van der Waals surface area contributed by atoms with Gasteiger partial charge in [0.05, 0.1) is 6.61 Å². The van der Waals surface area contributed by atoms with Gasteiger partial charge in [0.25, 0.3) is 0 Å². The number of hydrogen-bond acceptors (Lipinski definition) is 2. The largest absolute Gasteiger partial charge is 0.494 e. The molecule has 0 saturated heterocycles. The van der Waals surface area contributed by atoms with Crippen molar-refractivity contribution in [1.29, 1.82) is 0 Å². The molecule has 0 aliphatic carbocycles. The molecule has 0 radical (unpaired) electrons. The number of carbonyl (C=O) groups is 1. The summed E-state index contributed by atoms with van der Waals surface area (Å²) < 4.78 is 5.55. The zero-order valence-electron chi connectivity index (χ0n) is 11.7. The Morgan fingerprint density at radius 2 is 2.06 bits per heavy atom. The van der Waals surface area contributed by atoms with Gasteiger partial charge in [-0.25, -0.2) is 0 Å². The lowest BCUT2D eigenvalue weighted by Crippen LogP contribution is -2.06. The van der Waals surface area contributed by atoms with Crippen LogP contribution in [-0.2, 0) is 0 Å². The first-order valence-electron chi connectivity index (χ1n) is 6.93. The number of hydrogen-bond donors (Lipinski definition) is 0. The summed E-state index contributed by atoms with van der Waals surface area (Å²) >= 11 is 0. The van der Waals surface area contributed by atoms with Crippen LogP contribution < -0.4 is 4.74 Å². The quantitative estimate of drug-likeness (QED) is 0.634. The number of rotatable bonds is 8. The fourth-order valence-electron chi connectivity index (χ4n) is 2.01. The Morgan fingerprint density at radius 1 is 1.28 bits per heavy atom. The van der Waals surface area contributed by atoms with E-state index in [9.17, 15) is 4.79 Å². The van der Waals surface area contributed by atoms with E-state index in [1.54, 1.807) is 0 Å². The van der Waals surface area contributed by atoms with Crippen molar-refractivity contribution in [2.45, 2.75) is 46.5 Å². The van der Waals surface area contributed by atoms with Crippen LogP contribution in [0.4, 0.5) is 0 Å². The Balaban J connectivity index is 2.62. The van der Waals surface area contributed by atoms with Gasteiger partial charge in [-0.2, -0.15) is 0 Å². The zero-order valence-corrected chi connectivity index (χ0v) is 11.7. The summed E-state index contributed by atoms with van der Waals surface area (Å²) in [5, 5.41) is 0. The summed E-state index contributed by atoms with van der Waals surface area (Å²) in [5.41, 5.74) is 0.770. The first-order valence-corrected chi connectivity index (χ1v) is 6.93. The molecule has 2 nitrogen and oxygen atoms in total. The number of carbonyl (C=O) groups excluding carboxylic acids is 1. The third kappa shape index (κ3) is 4.91. The van der Waals surface area contributed by atoms with Gasteiger partial charge in [-0.3, -0.25) is 4.79 Å². The van der Waals surface area contributed by atoms with E-state index >= 15 is 0 Å². The molecule has 0 spiro atoms. The molecule has 100 valence electrons. The molecule has 18 heavy (non-hydrogen) atoms. The van der Waals surface area contributed by atoms with Crippen molar-refractivity contribution in [2.24, 2.45) is 5.92 Å². The van der Waals surface area contributed by atoms with Gasteiger partial charge >= 0.3 is 0 Å². The molecule has 1 unspecified atom stereocenters. The van der Waals surface area contributed by atoms with Crippen LogP contribution in [0.2, 0.25) is 0 Å². The molecule has 2 heteroatoms. The Bertz CT molecular complexity index is 371. The van der Waals surface area contributed by atoms with Gasteiger partial charge in [0.2, 0.25) is 0 Å². The number of Topliss-reactive ketones (excluding diaryl/α,β-unsaturated/α-hetero) is 1. The van der Waals surface area contributed by atoms with Crippen molar-refractivity contribution in [2.75, 3.05) is 6.61 Å². The third-order valence-corrected chi connectivity index (χ3v) is 2.94. The topological polar surface area (TPSA) is 26.3 Å². The molecule has 0 bridgehead atoms. The highest BCUT2D eigenvalue weighted by Crippen LogP contribution is 2.18. The van der Waals surface area contributed by atoms with Crippen LogP contribution in [0.5, 0.6) is 5.75 Å². The van der Waals surface area contributed by atoms with Crippen molar-refractivity contribution in [3.63, 3.8) is 0 Å². The Kier molecular flexibility index (Phi) is 6.48. The van der Waals surface area contributed by atoms with Crippen LogP contribution in [-0.4, -0.2) is 12.4 Å². The second kappa shape index (κ2) is 7.91. The maximum atomic E-state index is 12.1. The Hall–Kier alpha value is -1.31. The normalized spacial score (nSPS) is 12.2. The minimum atomic E-state index is 0.220. The van der Waals surface area contributed by atoms with Crippen LogP contribution in [0.3, 0.4) is 0 Å². The highest BCUT2D eigenvalue weighted by atomic mass is 16.5. The summed E-state index contributed by atoms with van der Waals surface area (Å²) in [6.45, 7) is 7.06. The van der Waals surface area contributed by atoms with E-state index in [1.807, 2.05) is 24.3 Å². The average molecular weight is 248 g/mol. The summed E-state index contributed by atoms with van der Waals surface area (Å²) in [7, 11) is 0. The molecular formula is C16H24O2. The van der Waals surface area contributed by atoms with Crippen LogP contribution in [0.1, 0.15) is 56.8 Å². The minimum Gasteiger partial charge on any atom is -0.494 e. The maximum Gasteiger partial charge on any atom is 0.163 e. The molecule has 0 aliphatic heterocycles. The molecular weight excluding hydrogens is 224 g/mol. The maximum absolute atomic E-state index is 12.1. The van der Waals surface area contributed by atoms with Crippen LogP contribution in [0, 0.1) is 5.92 Å². The van der Waals surface area contributed by atoms with Crippen LogP contribution >= 0.6 is 0 Å². The predicted octanol–water partition coefficient (Wildman–Crippen LogP) is 4.48. The predicted molar refractivity (Wildman–Crippen MR) is 75.2 cm³/mol. The van der Waals surface area contributed by atoms with Crippen molar-refractivity contribution < 1.29 is 9.53 Å². The SMILES string of the molecule is CCCOc1cccc(C(=O)CC(C)CCC)c1. The molecule has 0 heterocycles. The molecule has 1 rings (SSSR count). The standard InChI is InChI=1S/C16H24O2/c1-4-7-13(3)11-16(17)14-8-6-9-15(12-14)18-10-5-2/h6,8-9,12-13H,4-5,7,10-11H2,1-3H3. The van der Waals surface area contributed by atoms with E-state index in [2.05, 4.69) is 20.8 Å². The minimum absolute atomic E-state index is 0.220. The second-order valence-electron chi connectivity index (χ2n) is 4.90. The van der Waals surface area contributed by atoms with Gasteiger partial charge in [0.15, 0.2) is 5.78 Å². The smallest absolute Gasteiger partial charge is 0.163 e. The second-order valence-corrected chi connectivity index (χ2v) is 4.90. The highest BCUT2D eigenvalue weighted by Gasteiger charge is 2.11. The van der Waals surface area contributed by atoms with E-state index in [0.717, 1.165) is 30.6 Å². The van der Waals surface area contributed by atoms with Crippen molar-refractivity contribution in [3.05, 3.63) is 29.8 Å². The Morgan fingerprint density at radius 3 is 2.72 bits per heavy atom. The molecule has 0 aliphatic rings. The summed E-state index contributed by atoms with van der Waals surface area (Å²) in [6, 6.07) is 7.53. The van der Waals surface area contributed by atoms with Gasteiger partial charge in [-0.1, -0.05) is 45.7 Å². The van der Waals surface area contributed by atoms with E-state index in [1.165, 1.54) is 0 Å². The van der Waals surface area contributed by atoms with E-state index < -0.39 is 0 Å². The first-order chi connectivity index (χ1) is 8.67. The molecule has 1 atom stereocenters. The average Bonchev–Trinajstić information content (AvgIpc) is 2.37. The number of ether oxygens (including phenoxy) is 1. The molecule has 0 fully saturated rings. The highest BCUT2D eigenvalue weighted by molar-refractivity contribution is 5.96. The van der Waals surface area contributed by atoms with Gasteiger partial charge < -0.3 is 4.74 Å². The van der Waals surface area contributed by atoms with Gasteiger partial charge in [-0.05, 0) is 24.5 Å². The summed E-state index contributed by atoms with van der Waals surface area (Å²) in [4.78, 5) is 12.1. The number of ketones is 1. The molecule has 0 amide bonds. The van der Waals surface area contributed by atoms with Crippen LogP contribution in [0.25, 0.3) is 0 Å². The molecule has 1 aromatic rings. The first kappa shape index (κ1) is 14.7. The van der Waals surface area contributed by atoms with Crippen molar-refractivity contribution in [3.8, 4) is 5.75 Å². The number of benzene rings is 1. The molecule has 0 aromatic heterocycles. The van der Waals surface area contributed by atoms with Gasteiger partial charge in [0.1, 0.15) is 5.75 Å². The molecule has 0 saturated carbocycles. The lowest BCUT2D eigenvalue weighted by atomic mass is 9.96. The zero-order chi connectivity index (χ0) is 13.4. The lowest BCUT2D eigenvalue weighted by molar-refractivity contribution is 0.0962. The fraction of sp³-hybridized carbons (Fsp3) is 0.562. The van der Waals surface area contributed by atoms with E-state index in [0.29, 0.717) is 18.9 Å². The monoisotopic (exact) mass is 248 g/mol. The van der Waals surface area contributed by atoms with Crippen molar-refractivity contribution in [1.82, 2.24) is 0 Å². The Labute approximate surface area is 110 Å².